The van der Waals surface area contributed by atoms with Crippen LogP contribution < -0.4 is 15.8 Å². The molecule has 3 N–H and O–H groups in total. The van der Waals surface area contributed by atoms with E-state index in [1.54, 1.807) is 39.2 Å². The molecule has 0 heterocycles. The smallest absolute Gasteiger partial charge is 0.253 e. The molecule has 10 heteroatoms. The zero-order valence-electron chi connectivity index (χ0n) is 21.2. The molecule has 3 aromatic rings. The highest BCUT2D eigenvalue weighted by Gasteiger charge is 2.27. The Hall–Kier alpha value is -3.34. The van der Waals surface area contributed by atoms with Crippen molar-refractivity contribution in [2.45, 2.75) is 47.0 Å². The maximum absolute atomic E-state index is 13.5. The van der Waals surface area contributed by atoms with Gasteiger partial charge in [0.25, 0.3) is 5.91 Å². The van der Waals surface area contributed by atoms with Crippen molar-refractivity contribution in [1.29, 1.82) is 0 Å². The van der Waals surface area contributed by atoms with Crippen LogP contribution in [0.3, 0.4) is 0 Å². The Morgan fingerprint density at radius 2 is 1.68 bits per heavy atom. The first-order chi connectivity index (χ1) is 17.5. The van der Waals surface area contributed by atoms with E-state index in [4.69, 9.17) is 10.5 Å². The van der Waals surface area contributed by atoms with Crippen LogP contribution in [-0.2, 0) is 21.2 Å². The molecule has 0 spiro atoms. The maximum Gasteiger partial charge on any atom is 0.253 e. The first-order valence-corrected chi connectivity index (χ1v) is 13.9. The molecule has 3 aromatic carbocycles. The van der Waals surface area contributed by atoms with E-state index >= 15 is 0 Å². The molecule has 8 nitrogen and oxygen atoms in total. The lowest BCUT2D eigenvalue weighted by Gasteiger charge is -2.22. The van der Waals surface area contributed by atoms with Gasteiger partial charge < -0.3 is 15.8 Å². The zero-order chi connectivity index (χ0) is 27.2. The number of methoxy groups -OCH3 is 1. The van der Waals surface area contributed by atoms with Crippen molar-refractivity contribution < 1.29 is 22.7 Å². The molecular weight excluding hydrogens is 510 g/mol. The van der Waals surface area contributed by atoms with Gasteiger partial charge in [0.1, 0.15) is 11.8 Å². The summed E-state index contributed by atoms with van der Waals surface area (Å²) in [5, 5.41) is 2.70. The van der Waals surface area contributed by atoms with Gasteiger partial charge in [-0.1, -0.05) is 42.1 Å². The van der Waals surface area contributed by atoms with Crippen LogP contribution in [0, 0.1) is 0 Å². The Balaban J connectivity index is 2.00. The second kappa shape index (κ2) is 12.3. The summed E-state index contributed by atoms with van der Waals surface area (Å²) < 4.78 is 32.8. The van der Waals surface area contributed by atoms with Crippen LogP contribution in [0.15, 0.2) is 87.5 Å². The molecule has 196 valence electrons. The van der Waals surface area contributed by atoms with Gasteiger partial charge in [-0.25, -0.2) is 8.42 Å². The van der Waals surface area contributed by atoms with Gasteiger partial charge in [-0.3, -0.25) is 9.59 Å². The summed E-state index contributed by atoms with van der Waals surface area (Å²) in [5.74, 6) is -0.601. The second-order valence-corrected chi connectivity index (χ2v) is 11.8. The van der Waals surface area contributed by atoms with Gasteiger partial charge in [-0.2, -0.15) is 4.31 Å². The molecule has 0 aromatic heterocycles. The highest BCUT2D eigenvalue weighted by molar-refractivity contribution is 7.99. The number of sulfonamides is 1. The molecule has 1 unspecified atom stereocenters. The van der Waals surface area contributed by atoms with Crippen LogP contribution in [0.2, 0.25) is 0 Å². The summed E-state index contributed by atoms with van der Waals surface area (Å²) in [6, 6.07) is 19.6. The lowest BCUT2D eigenvalue weighted by Crippen LogP contribution is -2.46. The molecule has 0 radical (unpaired) electrons. The van der Waals surface area contributed by atoms with E-state index in [1.807, 2.05) is 42.5 Å². The van der Waals surface area contributed by atoms with Gasteiger partial charge in [-0.15, -0.1) is 0 Å². The number of nitrogens with zero attached hydrogens (tertiary/aromatic N) is 1. The lowest BCUT2D eigenvalue weighted by atomic mass is 10.0. The van der Waals surface area contributed by atoms with Gasteiger partial charge in [0, 0.05) is 29.3 Å². The van der Waals surface area contributed by atoms with Crippen molar-refractivity contribution >= 4 is 33.6 Å². The van der Waals surface area contributed by atoms with E-state index in [1.165, 1.54) is 35.2 Å². The minimum atomic E-state index is -3.85. The third-order valence-electron chi connectivity index (χ3n) is 5.82. The van der Waals surface area contributed by atoms with E-state index in [0.29, 0.717) is 10.6 Å². The highest BCUT2D eigenvalue weighted by atomic mass is 32.2. The number of hydrogen-bond acceptors (Lipinski definition) is 6. The molecule has 0 saturated carbocycles. The number of primary amides is 1. The average Bonchev–Trinajstić information content (AvgIpc) is 2.88. The van der Waals surface area contributed by atoms with E-state index in [-0.39, 0.29) is 22.9 Å². The summed E-state index contributed by atoms with van der Waals surface area (Å²) in [6.45, 7) is 3.53. The van der Waals surface area contributed by atoms with Crippen LogP contribution in [0.5, 0.6) is 5.75 Å². The van der Waals surface area contributed by atoms with E-state index < -0.39 is 27.9 Å². The van der Waals surface area contributed by atoms with Crippen molar-refractivity contribution in [1.82, 2.24) is 9.62 Å². The standard InChI is InChI=1S/C27H31N3O5S2/c1-18(2)30(3)37(33,34)22-14-15-25(36-21-12-10-20(35-4)11-13-21)23(17-22)27(32)29-24(26(28)31)16-19-8-6-5-7-9-19/h5-15,17-18,24H,16H2,1-4H3,(H2,28,31)(H,29,32). The van der Waals surface area contributed by atoms with Crippen LogP contribution in [-0.4, -0.2) is 50.8 Å². The maximum atomic E-state index is 13.5. The van der Waals surface area contributed by atoms with E-state index in [2.05, 4.69) is 5.32 Å². The van der Waals surface area contributed by atoms with Gasteiger partial charge in [-0.05, 0) is 61.9 Å². The summed E-state index contributed by atoms with van der Waals surface area (Å²) in [6.07, 6.45) is 0.205. The number of carbonyl (C=O) groups is 2. The summed E-state index contributed by atoms with van der Waals surface area (Å²) in [7, 11) is -0.790. The molecule has 0 aliphatic heterocycles. The highest BCUT2D eigenvalue weighted by Crippen LogP contribution is 2.33. The fourth-order valence-corrected chi connectivity index (χ4v) is 5.78. The third-order valence-corrected chi connectivity index (χ3v) is 8.93. The van der Waals surface area contributed by atoms with Crippen LogP contribution in [0.1, 0.15) is 29.8 Å². The number of rotatable bonds is 11. The Bertz CT molecular complexity index is 1340. The second-order valence-electron chi connectivity index (χ2n) is 8.67. The first-order valence-electron chi connectivity index (χ1n) is 11.6. The van der Waals surface area contributed by atoms with Gasteiger partial charge in [0.15, 0.2) is 0 Å². The Morgan fingerprint density at radius 1 is 1.03 bits per heavy atom. The fraction of sp³-hybridized carbons (Fsp3) is 0.259. The number of amides is 2. The molecule has 37 heavy (non-hydrogen) atoms. The number of ether oxygens (including phenoxy) is 1. The van der Waals surface area contributed by atoms with Crippen molar-refractivity contribution in [3.05, 3.63) is 83.9 Å². The van der Waals surface area contributed by atoms with Gasteiger partial charge in [0.2, 0.25) is 15.9 Å². The molecule has 1 atom stereocenters. The van der Waals surface area contributed by atoms with Crippen molar-refractivity contribution in [3.63, 3.8) is 0 Å². The van der Waals surface area contributed by atoms with Crippen molar-refractivity contribution in [2.75, 3.05) is 14.2 Å². The molecule has 0 bridgehead atoms. The SMILES string of the molecule is COc1ccc(Sc2ccc(S(=O)(=O)N(C)C(C)C)cc2C(=O)NC(Cc2ccccc2)C(N)=O)cc1. The number of benzene rings is 3. The van der Waals surface area contributed by atoms with Crippen molar-refractivity contribution in [3.8, 4) is 5.75 Å². The number of hydrogen-bond donors (Lipinski definition) is 2. The third kappa shape index (κ3) is 7.12. The predicted molar refractivity (Wildman–Crippen MR) is 144 cm³/mol. The summed E-state index contributed by atoms with van der Waals surface area (Å²) in [5.41, 5.74) is 6.55. The molecule has 0 aliphatic carbocycles. The molecule has 3 rings (SSSR count). The largest absolute Gasteiger partial charge is 0.497 e. The predicted octanol–water partition coefficient (Wildman–Crippen LogP) is 3.70. The monoisotopic (exact) mass is 541 g/mol. The van der Waals surface area contributed by atoms with E-state index in [0.717, 1.165) is 10.5 Å². The molecular formula is C27H31N3O5S2. The first kappa shape index (κ1) is 28.2. The number of carbonyl (C=O) groups excluding carboxylic acids is 2. The lowest BCUT2D eigenvalue weighted by molar-refractivity contribution is -0.119. The number of nitrogens with one attached hydrogen (secondary N) is 1. The minimum absolute atomic E-state index is 0.0217. The Kier molecular flexibility index (Phi) is 9.36. The molecule has 0 saturated heterocycles. The fourth-order valence-electron chi connectivity index (χ4n) is 3.46. The zero-order valence-corrected chi connectivity index (χ0v) is 22.8. The van der Waals surface area contributed by atoms with Gasteiger partial charge >= 0.3 is 0 Å². The van der Waals surface area contributed by atoms with E-state index in [9.17, 15) is 18.0 Å². The van der Waals surface area contributed by atoms with Crippen molar-refractivity contribution in [2.24, 2.45) is 5.73 Å². The molecule has 0 fully saturated rings. The van der Waals surface area contributed by atoms with Crippen LogP contribution >= 0.6 is 11.8 Å². The normalized spacial score (nSPS) is 12.4. The Morgan fingerprint density at radius 3 is 2.24 bits per heavy atom. The molecule has 2 amide bonds. The molecule has 0 aliphatic rings. The van der Waals surface area contributed by atoms with Crippen LogP contribution in [0.25, 0.3) is 0 Å². The number of nitrogens with two attached hydrogens (primary N) is 1. The minimum Gasteiger partial charge on any atom is -0.497 e. The summed E-state index contributed by atoms with van der Waals surface area (Å²) in [4.78, 5) is 27.0. The quantitative estimate of drug-likeness (QED) is 0.382. The topological polar surface area (TPSA) is 119 Å². The average molecular weight is 542 g/mol. The Labute approximate surface area is 222 Å². The summed E-state index contributed by atoms with van der Waals surface area (Å²) >= 11 is 1.29. The van der Waals surface area contributed by atoms with Crippen LogP contribution in [0.4, 0.5) is 0 Å². The van der Waals surface area contributed by atoms with Gasteiger partial charge in [0.05, 0.1) is 17.6 Å².